The van der Waals surface area contributed by atoms with Crippen LogP contribution >= 0.6 is 0 Å². The second kappa shape index (κ2) is 8.81. The van der Waals surface area contributed by atoms with Crippen molar-refractivity contribution < 1.29 is 14.3 Å². The predicted molar refractivity (Wildman–Crippen MR) is 136 cm³/mol. The lowest BCUT2D eigenvalue weighted by atomic mass is 9.93. The van der Waals surface area contributed by atoms with Crippen LogP contribution < -0.4 is 4.90 Å². The minimum Gasteiger partial charge on any atom is -0.465 e. The highest BCUT2D eigenvalue weighted by Crippen LogP contribution is 2.41. The number of amides is 1. The van der Waals surface area contributed by atoms with Crippen LogP contribution in [0.1, 0.15) is 52.5 Å². The summed E-state index contributed by atoms with van der Waals surface area (Å²) in [5.74, 6) is 0.378. The highest BCUT2D eigenvalue weighted by atomic mass is 28.4. The van der Waals surface area contributed by atoms with Crippen molar-refractivity contribution in [2.75, 3.05) is 11.9 Å². The number of aryl methyl sites for hydroxylation is 1. The molecule has 1 N–H and O–H groups in total. The standard InChI is InChI=1S/C24H36N6O3Si/c1-24(2,3)34(6,7)33-17-10-8-16(9-11-17)30-20-14-21(29(5)23(31)32)25-15-18(20)22(27-30)19-12-13-28(4)26-19/h12-17H,8-11H2,1-7H3,(H,31,32)/t16-,17-. The molecular weight excluding hydrogens is 448 g/mol. The first-order valence-corrected chi connectivity index (χ1v) is 14.8. The zero-order valence-electron chi connectivity index (χ0n) is 21.2. The molecule has 34 heavy (non-hydrogen) atoms. The zero-order valence-corrected chi connectivity index (χ0v) is 22.2. The number of anilines is 1. The molecule has 0 bridgehead atoms. The number of hydrogen-bond acceptors (Lipinski definition) is 5. The Hall–Kier alpha value is -2.72. The number of hydrogen-bond donors (Lipinski definition) is 1. The van der Waals surface area contributed by atoms with Gasteiger partial charge in [-0.05, 0) is 49.9 Å². The quantitative estimate of drug-likeness (QED) is 0.484. The molecule has 3 heterocycles. The number of carboxylic acid groups (broad SMARTS) is 1. The smallest absolute Gasteiger partial charge is 0.412 e. The van der Waals surface area contributed by atoms with Crippen LogP contribution in [0, 0.1) is 0 Å². The molecule has 1 aliphatic carbocycles. The van der Waals surface area contributed by atoms with Crippen molar-refractivity contribution in [3.8, 4) is 11.4 Å². The molecule has 0 aromatic carbocycles. The summed E-state index contributed by atoms with van der Waals surface area (Å²) < 4.78 is 10.5. The summed E-state index contributed by atoms with van der Waals surface area (Å²) in [7, 11) is 1.57. The molecule has 0 unspecified atom stereocenters. The van der Waals surface area contributed by atoms with Gasteiger partial charge in [0.05, 0.1) is 11.6 Å². The summed E-state index contributed by atoms with van der Waals surface area (Å²) in [4.78, 5) is 17.0. The van der Waals surface area contributed by atoms with Gasteiger partial charge in [-0.3, -0.25) is 14.3 Å². The average molecular weight is 485 g/mol. The SMILES string of the molecule is CN(C(=O)O)c1cc2c(cn1)c(-c1ccn(C)n1)nn2[C@H]1CC[C@H](O[Si](C)(C)C(C)(C)C)CC1. The monoisotopic (exact) mass is 484 g/mol. The fraction of sp³-hybridized carbons (Fsp3) is 0.583. The van der Waals surface area contributed by atoms with Gasteiger partial charge < -0.3 is 9.53 Å². The average Bonchev–Trinajstić information content (AvgIpc) is 3.35. The molecule has 1 amide bonds. The van der Waals surface area contributed by atoms with E-state index in [1.54, 1.807) is 10.9 Å². The number of nitrogens with zero attached hydrogens (tertiary/aromatic N) is 6. The maximum Gasteiger partial charge on any atom is 0.412 e. The third-order valence-corrected chi connectivity index (χ3v) is 12.0. The number of rotatable bonds is 5. The predicted octanol–water partition coefficient (Wildman–Crippen LogP) is 5.45. The maximum atomic E-state index is 11.5. The summed E-state index contributed by atoms with van der Waals surface area (Å²) in [6.45, 7) is 11.5. The van der Waals surface area contributed by atoms with E-state index in [9.17, 15) is 9.90 Å². The van der Waals surface area contributed by atoms with Crippen LogP contribution in [-0.2, 0) is 11.5 Å². The van der Waals surface area contributed by atoms with Crippen LogP contribution in [0.5, 0.6) is 0 Å². The fourth-order valence-electron chi connectivity index (χ4n) is 4.31. The molecular formula is C24H36N6O3Si. The van der Waals surface area contributed by atoms with Gasteiger partial charge in [0.1, 0.15) is 17.2 Å². The lowest BCUT2D eigenvalue weighted by Crippen LogP contribution is -2.44. The molecule has 0 spiro atoms. The molecule has 3 aromatic rings. The number of fused-ring (bicyclic) bond motifs is 1. The zero-order chi connectivity index (χ0) is 24.8. The lowest BCUT2D eigenvalue weighted by Gasteiger charge is -2.41. The maximum absolute atomic E-state index is 11.5. The van der Waals surface area contributed by atoms with Gasteiger partial charge in [-0.2, -0.15) is 10.2 Å². The van der Waals surface area contributed by atoms with Crippen molar-refractivity contribution in [2.24, 2.45) is 7.05 Å². The van der Waals surface area contributed by atoms with Crippen LogP contribution in [0.25, 0.3) is 22.3 Å². The fourth-order valence-corrected chi connectivity index (χ4v) is 5.74. The Morgan fingerprint density at radius 3 is 2.44 bits per heavy atom. The van der Waals surface area contributed by atoms with E-state index in [0.29, 0.717) is 5.82 Å². The topological polar surface area (TPSA) is 98.3 Å². The van der Waals surface area contributed by atoms with E-state index in [1.807, 2.05) is 25.4 Å². The van der Waals surface area contributed by atoms with Gasteiger partial charge in [-0.25, -0.2) is 9.78 Å². The largest absolute Gasteiger partial charge is 0.465 e. The molecule has 3 aromatic heterocycles. The molecule has 0 radical (unpaired) electrons. The van der Waals surface area contributed by atoms with Gasteiger partial charge in [-0.15, -0.1) is 0 Å². The summed E-state index contributed by atoms with van der Waals surface area (Å²) in [6.07, 6.45) is 6.74. The first-order valence-electron chi connectivity index (χ1n) is 11.9. The van der Waals surface area contributed by atoms with Crippen molar-refractivity contribution >= 4 is 31.1 Å². The van der Waals surface area contributed by atoms with E-state index < -0.39 is 14.4 Å². The first kappa shape index (κ1) is 24.4. The van der Waals surface area contributed by atoms with Gasteiger partial charge >= 0.3 is 6.09 Å². The lowest BCUT2D eigenvalue weighted by molar-refractivity contribution is 0.116. The van der Waals surface area contributed by atoms with Crippen LogP contribution in [0.3, 0.4) is 0 Å². The van der Waals surface area contributed by atoms with Crippen molar-refractivity contribution in [1.82, 2.24) is 24.5 Å². The minimum atomic E-state index is -1.81. The van der Waals surface area contributed by atoms with E-state index in [2.05, 4.69) is 48.6 Å². The molecule has 1 saturated carbocycles. The Labute approximate surface area is 201 Å². The molecule has 1 fully saturated rings. The Balaban J connectivity index is 1.65. The third kappa shape index (κ3) is 4.61. The van der Waals surface area contributed by atoms with Gasteiger partial charge in [0, 0.05) is 44.0 Å². The highest BCUT2D eigenvalue weighted by Gasteiger charge is 2.40. The molecule has 1 aliphatic rings. The van der Waals surface area contributed by atoms with E-state index in [-0.39, 0.29) is 17.2 Å². The summed E-state index contributed by atoms with van der Waals surface area (Å²) in [5.41, 5.74) is 2.43. The van der Waals surface area contributed by atoms with E-state index >= 15 is 0 Å². The Bertz CT molecular complexity index is 1190. The molecule has 0 saturated heterocycles. The van der Waals surface area contributed by atoms with Gasteiger partial charge in [-0.1, -0.05) is 20.8 Å². The Morgan fingerprint density at radius 2 is 1.88 bits per heavy atom. The molecule has 184 valence electrons. The minimum absolute atomic E-state index is 0.194. The van der Waals surface area contributed by atoms with Gasteiger partial charge in [0.25, 0.3) is 0 Å². The first-order chi connectivity index (χ1) is 15.9. The molecule has 4 rings (SSSR count). The van der Waals surface area contributed by atoms with Crippen molar-refractivity contribution in [1.29, 1.82) is 0 Å². The molecule has 0 aliphatic heterocycles. The van der Waals surface area contributed by atoms with E-state index in [4.69, 9.17) is 9.52 Å². The van der Waals surface area contributed by atoms with Crippen LogP contribution in [0.4, 0.5) is 10.6 Å². The van der Waals surface area contributed by atoms with Crippen molar-refractivity contribution in [2.45, 2.75) is 76.7 Å². The third-order valence-electron chi connectivity index (χ3n) is 7.42. The summed E-state index contributed by atoms with van der Waals surface area (Å²) in [5, 5.41) is 20.0. The van der Waals surface area contributed by atoms with Gasteiger partial charge in [0.15, 0.2) is 8.32 Å². The molecule has 10 heteroatoms. The normalized spacial score (nSPS) is 19.5. The van der Waals surface area contributed by atoms with Crippen LogP contribution in [0.2, 0.25) is 18.1 Å². The van der Waals surface area contributed by atoms with Crippen molar-refractivity contribution in [3.05, 3.63) is 24.5 Å². The van der Waals surface area contributed by atoms with Gasteiger partial charge in [0.2, 0.25) is 0 Å². The van der Waals surface area contributed by atoms with E-state index in [1.165, 1.54) is 7.05 Å². The second-order valence-electron chi connectivity index (χ2n) is 10.9. The molecule has 9 nitrogen and oxygen atoms in total. The molecule has 0 atom stereocenters. The summed E-state index contributed by atoms with van der Waals surface area (Å²) >= 11 is 0. The Morgan fingerprint density at radius 1 is 1.21 bits per heavy atom. The Kier molecular flexibility index (Phi) is 6.32. The van der Waals surface area contributed by atoms with Crippen LogP contribution in [0.15, 0.2) is 24.5 Å². The number of pyridine rings is 1. The number of carbonyl (C=O) groups is 1. The van der Waals surface area contributed by atoms with E-state index in [0.717, 1.165) is 52.9 Å². The van der Waals surface area contributed by atoms with Crippen LogP contribution in [-0.4, -0.2) is 57.2 Å². The second-order valence-corrected chi connectivity index (χ2v) is 15.6. The van der Waals surface area contributed by atoms with Crippen molar-refractivity contribution in [3.63, 3.8) is 0 Å². The number of aromatic nitrogens is 5. The highest BCUT2D eigenvalue weighted by molar-refractivity contribution is 6.74. The summed E-state index contributed by atoms with van der Waals surface area (Å²) in [6, 6.07) is 3.97.